The van der Waals surface area contributed by atoms with Gasteiger partial charge in [0.15, 0.2) is 0 Å². The third kappa shape index (κ3) is 24.0. The standard InChI is InChI=1S/2C24H30F2NO2.2C5H5.Ti/c2*1-17(8-7-15-24(2,3)29-4)11-12-18-9-5-6-10-20(18)23(28)27-22-14-13-19(25)16-21(22)26;2*1-2-4-5-3-1;/h2*5-6,9-10,13-14,17H,7-8,11-12,15H2,1-4H3,(H,27,28);2*1-3H,4H2;/q4*-1;+4. The summed E-state index contributed by atoms with van der Waals surface area (Å²) in [6, 6.07) is 23.0. The third-order valence-corrected chi connectivity index (χ3v) is 11.8. The Hall–Kier alpha value is -4.87. The van der Waals surface area contributed by atoms with Crippen LogP contribution >= 0.6 is 0 Å². The number of aryl methyl sites for hydroxylation is 2. The molecule has 4 aromatic carbocycles. The zero-order chi connectivity index (χ0) is 50.0. The van der Waals surface area contributed by atoms with E-state index in [1.54, 1.807) is 38.5 Å². The van der Waals surface area contributed by atoms with Gasteiger partial charge in [-0.1, -0.05) is 75.9 Å². The third-order valence-electron chi connectivity index (χ3n) is 11.8. The first kappa shape index (κ1) is 60.3. The molecule has 69 heavy (non-hydrogen) atoms. The van der Waals surface area contributed by atoms with Gasteiger partial charge in [-0.25, -0.2) is 41.9 Å². The average Bonchev–Trinajstić information content (AvgIpc) is 4.11. The van der Waals surface area contributed by atoms with Gasteiger partial charge >= 0.3 is 21.7 Å². The molecule has 0 spiro atoms. The van der Waals surface area contributed by atoms with Gasteiger partial charge in [-0.2, -0.15) is 12.2 Å². The summed E-state index contributed by atoms with van der Waals surface area (Å²) in [5, 5.41) is 5.03. The number of allylic oxidation sites excluding steroid dienone is 8. The van der Waals surface area contributed by atoms with Gasteiger partial charge in [0.2, 0.25) is 11.8 Å². The minimum atomic E-state index is -0.913. The Kier molecular flexibility index (Phi) is 28.0. The number of anilines is 2. The molecule has 2 aliphatic rings. The molecule has 2 atom stereocenters. The summed E-state index contributed by atoms with van der Waals surface area (Å²) in [5.74, 6) is -3.21. The smallest absolute Gasteiger partial charge is 0.379 e. The normalized spacial score (nSPS) is 13.2. The van der Waals surface area contributed by atoms with Crippen molar-refractivity contribution in [2.45, 2.75) is 130 Å². The largest absolute Gasteiger partial charge is 4.00 e. The van der Waals surface area contributed by atoms with E-state index < -0.39 is 35.1 Å². The number of hydrogen-bond acceptors (Lipinski definition) is 4. The van der Waals surface area contributed by atoms with E-state index in [1.807, 2.05) is 60.7 Å². The summed E-state index contributed by atoms with van der Waals surface area (Å²) in [4.78, 5) is 25.3. The Morgan fingerprint density at radius 1 is 0.594 bits per heavy atom. The summed E-state index contributed by atoms with van der Waals surface area (Å²) in [7, 11) is 3.47. The predicted molar refractivity (Wildman–Crippen MR) is 267 cm³/mol. The molecular formula is C58H70F4N2O4Ti. The van der Waals surface area contributed by atoms with E-state index in [1.165, 1.54) is 12.1 Å². The van der Waals surface area contributed by atoms with Crippen molar-refractivity contribution in [1.82, 2.24) is 0 Å². The van der Waals surface area contributed by atoms with Crippen molar-refractivity contribution in [3.05, 3.63) is 179 Å². The van der Waals surface area contributed by atoms with E-state index in [2.05, 4.69) is 76.5 Å². The summed E-state index contributed by atoms with van der Waals surface area (Å²) < 4.78 is 64.5. The van der Waals surface area contributed by atoms with E-state index in [4.69, 9.17) is 9.47 Å². The predicted octanol–water partition coefficient (Wildman–Crippen LogP) is 15.0. The zero-order valence-corrected chi connectivity index (χ0v) is 43.2. The second-order valence-corrected chi connectivity index (χ2v) is 18.3. The maximum absolute atomic E-state index is 13.8. The van der Waals surface area contributed by atoms with E-state index in [0.717, 1.165) is 100 Å². The van der Waals surface area contributed by atoms with Crippen LogP contribution in [0, 0.1) is 59.4 Å². The van der Waals surface area contributed by atoms with Crippen molar-refractivity contribution in [2.24, 2.45) is 11.8 Å². The first-order valence-electron chi connectivity index (χ1n) is 23.5. The molecule has 2 aliphatic carbocycles. The number of ether oxygens (including phenoxy) is 2. The molecule has 0 aromatic heterocycles. The van der Waals surface area contributed by atoms with Crippen LogP contribution in [0.15, 0.2) is 109 Å². The molecule has 0 saturated carbocycles. The van der Waals surface area contributed by atoms with E-state index in [0.29, 0.717) is 23.0 Å². The minimum Gasteiger partial charge on any atom is -0.379 e. The second-order valence-electron chi connectivity index (χ2n) is 18.3. The monoisotopic (exact) mass is 982 g/mol. The molecule has 2 unspecified atom stereocenters. The van der Waals surface area contributed by atoms with Crippen molar-refractivity contribution in [3.63, 3.8) is 0 Å². The number of amides is 2. The molecule has 368 valence electrons. The molecular weight excluding hydrogens is 913 g/mol. The summed E-state index contributed by atoms with van der Waals surface area (Å²) in [5.41, 5.74) is 2.48. The molecule has 0 fully saturated rings. The zero-order valence-electron chi connectivity index (χ0n) is 41.7. The molecule has 2 amide bonds. The molecule has 0 bridgehead atoms. The molecule has 0 saturated heterocycles. The van der Waals surface area contributed by atoms with Crippen LogP contribution in [0.2, 0.25) is 0 Å². The molecule has 11 heteroatoms. The van der Waals surface area contributed by atoms with Crippen LogP contribution in [-0.2, 0) is 44.0 Å². The molecule has 6 nitrogen and oxygen atoms in total. The van der Waals surface area contributed by atoms with Crippen LogP contribution in [0.4, 0.5) is 28.9 Å². The topological polar surface area (TPSA) is 76.7 Å². The number of hydrogen-bond donors (Lipinski definition) is 2. The number of benzene rings is 4. The van der Waals surface area contributed by atoms with Crippen molar-refractivity contribution in [2.75, 3.05) is 24.9 Å². The van der Waals surface area contributed by atoms with Gasteiger partial charge in [0.05, 0.1) is 11.2 Å². The maximum Gasteiger partial charge on any atom is 4.00 e. The molecule has 0 heterocycles. The van der Waals surface area contributed by atoms with Gasteiger partial charge in [-0.05, 0) is 113 Å². The molecule has 2 N–H and O–H groups in total. The van der Waals surface area contributed by atoms with Crippen LogP contribution in [0.1, 0.15) is 138 Å². The van der Waals surface area contributed by atoms with Crippen molar-refractivity contribution >= 4 is 23.2 Å². The fraction of sp³-hybridized carbons (Fsp3) is 0.414. The fourth-order valence-corrected chi connectivity index (χ4v) is 7.11. The van der Waals surface area contributed by atoms with Crippen molar-refractivity contribution in [3.8, 4) is 0 Å². The van der Waals surface area contributed by atoms with Gasteiger partial charge in [-0.15, -0.1) is 49.2 Å². The second kappa shape index (κ2) is 32.1. The van der Waals surface area contributed by atoms with E-state index in [9.17, 15) is 27.2 Å². The summed E-state index contributed by atoms with van der Waals surface area (Å²) in [6.07, 6.45) is 29.8. The van der Waals surface area contributed by atoms with Gasteiger partial charge in [0.25, 0.3) is 0 Å². The minimum absolute atomic E-state index is 0. The SMILES string of the molecule is COC(C)(C)CCCC(C)CCc1ccccc1C(=O)Nc1ccc(F)[c-]c1F.COC(C)(C)CCCC(C)CCc1ccccc1C(=O)Nc1ccc(F)[c-]c1F.[C-]1=CC=CC1.[C-]1=CC=CC1.[Ti+4]. The summed E-state index contributed by atoms with van der Waals surface area (Å²) in [6.45, 7) is 12.8. The quantitative estimate of drug-likeness (QED) is 0.0525. The van der Waals surface area contributed by atoms with Gasteiger partial charge in [-0.3, -0.25) is 21.7 Å². The molecule has 0 aliphatic heterocycles. The Morgan fingerprint density at radius 2 is 0.971 bits per heavy atom. The Bertz CT molecular complexity index is 2110. The molecule has 4 aromatic rings. The van der Waals surface area contributed by atoms with Crippen LogP contribution in [0.3, 0.4) is 0 Å². The number of rotatable bonds is 20. The number of halogens is 4. The Balaban J connectivity index is 0.000000386. The van der Waals surface area contributed by atoms with Gasteiger partial charge < -0.3 is 20.1 Å². The number of nitrogens with one attached hydrogen (secondary N) is 2. The van der Waals surface area contributed by atoms with Gasteiger partial charge in [0.1, 0.15) is 0 Å². The van der Waals surface area contributed by atoms with E-state index in [-0.39, 0.29) is 44.3 Å². The first-order valence-corrected chi connectivity index (χ1v) is 23.5. The van der Waals surface area contributed by atoms with E-state index >= 15 is 0 Å². The van der Waals surface area contributed by atoms with Gasteiger partial charge in [0, 0.05) is 48.6 Å². The first-order chi connectivity index (χ1) is 32.4. The average molecular weight is 983 g/mol. The van der Waals surface area contributed by atoms with Crippen molar-refractivity contribution in [1.29, 1.82) is 0 Å². The van der Waals surface area contributed by atoms with Crippen LogP contribution < -0.4 is 10.6 Å². The van der Waals surface area contributed by atoms with Crippen LogP contribution in [0.5, 0.6) is 0 Å². The molecule has 0 radical (unpaired) electrons. The van der Waals surface area contributed by atoms with Crippen LogP contribution in [0.25, 0.3) is 0 Å². The number of methoxy groups -OCH3 is 2. The maximum atomic E-state index is 13.8. The number of carbonyl (C=O) groups is 2. The molecule has 6 rings (SSSR count). The summed E-state index contributed by atoms with van der Waals surface area (Å²) >= 11 is 0. The Morgan fingerprint density at radius 3 is 1.28 bits per heavy atom. The fourth-order valence-electron chi connectivity index (χ4n) is 7.11. The Labute approximate surface area is 425 Å². The van der Waals surface area contributed by atoms with Crippen LogP contribution in [-0.4, -0.2) is 37.2 Å². The number of carbonyl (C=O) groups excluding carboxylic acids is 2. The van der Waals surface area contributed by atoms with Crippen molar-refractivity contribution < 1.29 is 58.3 Å².